The number of aromatic nitrogens is 2. The Kier molecular flexibility index (Phi) is 15.5. The van der Waals surface area contributed by atoms with Gasteiger partial charge < -0.3 is 0 Å². The first-order valence-corrected chi connectivity index (χ1v) is 18.8. The van der Waals surface area contributed by atoms with Crippen molar-refractivity contribution in [2.45, 2.75) is 109 Å². The molecule has 2 atom stereocenters. The van der Waals surface area contributed by atoms with E-state index in [1.54, 1.807) is 24.3 Å². The van der Waals surface area contributed by atoms with E-state index in [0.29, 0.717) is 17.1 Å². The monoisotopic (exact) mass is 734 g/mol. The number of unbranched alkanes of at least 4 members (excludes halogenated alkanes) is 10. The molecular weight excluding hydrogens is 690 g/mol. The summed E-state index contributed by atoms with van der Waals surface area (Å²) >= 11 is 25.6. The third kappa shape index (κ3) is 10.6. The van der Waals surface area contributed by atoms with Gasteiger partial charge in [0.05, 0.1) is 21.7 Å². The number of allylic oxidation sites excluding steroid dienone is 2. The molecule has 1 aliphatic heterocycles. The van der Waals surface area contributed by atoms with Crippen LogP contribution in [0.3, 0.4) is 0 Å². The van der Waals surface area contributed by atoms with Crippen molar-refractivity contribution in [3.8, 4) is 5.69 Å². The number of carbonyl (C=O) groups is 2. The Morgan fingerprint density at radius 2 is 1.46 bits per heavy atom. The number of amides is 2. The standard InChI is InChI=1S/C37H46Cl4N4O3/c1-2-3-4-5-6-7-8-9-10-11-12-13-14-16-19-28(38)22-27-23-35(47)45(37(27)48)44(30-20-17-15-18-21-30)33-26-34(46)43(42-33)36-31(40)24-29(39)25-32(36)41/h13-15,17-18,20-21,24-28,42H,2-12,16,19,22-23H2,1H3. The summed E-state index contributed by atoms with van der Waals surface area (Å²) in [7, 11) is 0. The Labute approximate surface area is 304 Å². The summed E-state index contributed by atoms with van der Waals surface area (Å²) in [5.74, 6) is -1.14. The number of H-pyrrole nitrogens is 1. The van der Waals surface area contributed by atoms with Crippen LogP contribution in [0.4, 0.5) is 11.5 Å². The first-order valence-electron chi connectivity index (χ1n) is 17.2. The molecular formula is C37H46Cl4N4O3. The lowest BCUT2D eigenvalue weighted by atomic mass is 9.99. The van der Waals surface area contributed by atoms with Gasteiger partial charge in [-0.15, -0.1) is 11.6 Å². The Hall–Kier alpha value is -2.71. The van der Waals surface area contributed by atoms with Crippen LogP contribution in [-0.4, -0.2) is 32.0 Å². The largest absolute Gasteiger partial charge is 0.274 e. The number of alkyl halides is 1. The van der Waals surface area contributed by atoms with Crippen LogP contribution in [0.25, 0.3) is 5.69 Å². The molecule has 0 aliphatic carbocycles. The second kappa shape index (κ2) is 19.5. The van der Waals surface area contributed by atoms with Crippen LogP contribution in [0.2, 0.25) is 15.1 Å². The van der Waals surface area contributed by atoms with Gasteiger partial charge in [0.2, 0.25) is 5.91 Å². The normalized spacial score (nSPS) is 15.6. The predicted molar refractivity (Wildman–Crippen MR) is 199 cm³/mol. The quantitative estimate of drug-likeness (QED) is 0.0542. The Morgan fingerprint density at radius 3 is 2.10 bits per heavy atom. The van der Waals surface area contributed by atoms with Crippen molar-refractivity contribution < 1.29 is 9.59 Å². The van der Waals surface area contributed by atoms with E-state index in [1.165, 1.54) is 87.4 Å². The zero-order valence-electron chi connectivity index (χ0n) is 27.6. The topological polar surface area (TPSA) is 78.4 Å². The molecule has 1 aromatic heterocycles. The van der Waals surface area contributed by atoms with E-state index >= 15 is 0 Å². The summed E-state index contributed by atoms with van der Waals surface area (Å²) in [6, 6.07) is 13.1. The number of nitrogens with zero attached hydrogens (tertiary/aromatic N) is 3. The molecule has 2 heterocycles. The highest BCUT2D eigenvalue weighted by Crippen LogP contribution is 2.36. The van der Waals surface area contributed by atoms with Crippen LogP contribution < -0.4 is 10.6 Å². The first kappa shape index (κ1) is 38.1. The highest BCUT2D eigenvalue weighted by molar-refractivity contribution is 6.40. The maximum absolute atomic E-state index is 13.8. The van der Waals surface area contributed by atoms with Gasteiger partial charge in [-0.05, 0) is 56.4 Å². The van der Waals surface area contributed by atoms with E-state index < -0.39 is 11.5 Å². The number of benzene rings is 2. The Morgan fingerprint density at radius 1 is 0.854 bits per heavy atom. The fourth-order valence-corrected chi connectivity index (χ4v) is 7.43. The van der Waals surface area contributed by atoms with Crippen LogP contribution in [0.15, 0.2) is 65.5 Å². The lowest BCUT2D eigenvalue weighted by molar-refractivity contribution is -0.139. The van der Waals surface area contributed by atoms with Gasteiger partial charge in [-0.1, -0.05) is 130 Å². The number of aromatic amines is 1. The Balaban J connectivity index is 1.32. The third-order valence-corrected chi connectivity index (χ3v) is 9.83. The SMILES string of the molecule is CCCCCCCCCCCCC=CCCC(Cl)CC1CC(=O)N(N(c2ccccc2)c2cc(=O)n(-c3c(Cl)cc(Cl)cc3Cl)[nH]2)C1=O. The van der Waals surface area contributed by atoms with Gasteiger partial charge in [0.1, 0.15) is 5.69 Å². The van der Waals surface area contributed by atoms with Crippen LogP contribution in [0, 0.1) is 5.92 Å². The highest BCUT2D eigenvalue weighted by Gasteiger charge is 2.44. The van der Waals surface area contributed by atoms with E-state index in [1.807, 2.05) is 6.07 Å². The molecule has 1 aliphatic rings. The van der Waals surface area contributed by atoms with Gasteiger partial charge in [-0.2, -0.15) is 5.01 Å². The summed E-state index contributed by atoms with van der Waals surface area (Å²) in [6.07, 6.45) is 20.7. The number of imide groups is 1. The molecule has 7 nitrogen and oxygen atoms in total. The number of nitrogens with one attached hydrogen (secondary N) is 1. The molecule has 2 unspecified atom stereocenters. The number of hydrazine groups is 1. The summed E-state index contributed by atoms with van der Waals surface area (Å²) in [5.41, 5.74) is 0.220. The van der Waals surface area contributed by atoms with E-state index in [4.69, 9.17) is 46.4 Å². The van der Waals surface area contributed by atoms with Crippen molar-refractivity contribution in [2.75, 3.05) is 5.01 Å². The minimum absolute atomic E-state index is 0.0275. The summed E-state index contributed by atoms with van der Waals surface area (Å²) in [6.45, 7) is 2.25. The summed E-state index contributed by atoms with van der Waals surface area (Å²) in [4.78, 5) is 40.4. The van der Waals surface area contributed by atoms with Gasteiger partial charge in [0.25, 0.3) is 11.5 Å². The van der Waals surface area contributed by atoms with Crippen molar-refractivity contribution in [1.29, 1.82) is 0 Å². The molecule has 3 aromatic rings. The van der Waals surface area contributed by atoms with Gasteiger partial charge >= 0.3 is 0 Å². The number of halogens is 4. The van der Waals surface area contributed by atoms with Crippen molar-refractivity contribution in [2.24, 2.45) is 5.92 Å². The van der Waals surface area contributed by atoms with Gasteiger partial charge in [-0.25, -0.2) is 9.69 Å². The minimum atomic E-state index is -0.573. The molecule has 2 aromatic carbocycles. The lowest BCUT2D eigenvalue weighted by Gasteiger charge is -2.31. The minimum Gasteiger partial charge on any atom is -0.274 e. The number of hydrogen-bond acceptors (Lipinski definition) is 4. The van der Waals surface area contributed by atoms with Crippen LogP contribution in [-0.2, 0) is 9.59 Å². The Bertz CT molecular complexity index is 1550. The van der Waals surface area contributed by atoms with Gasteiger partial charge in [-0.3, -0.25) is 19.5 Å². The predicted octanol–water partition coefficient (Wildman–Crippen LogP) is 11.2. The maximum atomic E-state index is 13.8. The molecule has 1 N–H and O–H groups in total. The average Bonchev–Trinajstić information content (AvgIpc) is 3.55. The maximum Gasteiger partial charge on any atom is 0.273 e. The third-order valence-electron chi connectivity index (χ3n) is 8.63. The lowest BCUT2D eigenvalue weighted by Crippen LogP contribution is -2.44. The number of anilines is 2. The average molecular weight is 737 g/mol. The smallest absolute Gasteiger partial charge is 0.273 e. The second-order valence-electron chi connectivity index (χ2n) is 12.5. The van der Waals surface area contributed by atoms with Crippen molar-refractivity contribution >= 4 is 69.7 Å². The van der Waals surface area contributed by atoms with E-state index in [-0.39, 0.29) is 45.2 Å². The molecule has 11 heteroatoms. The van der Waals surface area contributed by atoms with E-state index in [2.05, 4.69) is 24.2 Å². The molecule has 260 valence electrons. The van der Waals surface area contributed by atoms with Crippen molar-refractivity contribution in [3.63, 3.8) is 0 Å². The van der Waals surface area contributed by atoms with E-state index in [9.17, 15) is 14.4 Å². The second-order valence-corrected chi connectivity index (χ2v) is 14.3. The molecule has 48 heavy (non-hydrogen) atoms. The first-order chi connectivity index (χ1) is 23.2. The van der Waals surface area contributed by atoms with Crippen molar-refractivity contribution in [3.05, 3.63) is 86.1 Å². The number of carbonyl (C=O) groups excluding carboxylic acids is 2. The van der Waals surface area contributed by atoms with Crippen LogP contribution in [0.1, 0.15) is 103 Å². The zero-order valence-corrected chi connectivity index (χ0v) is 30.6. The van der Waals surface area contributed by atoms with Crippen molar-refractivity contribution in [1.82, 2.24) is 14.8 Å². The van der Waals surface area contributed by atoms with E-state index in [0.717, 1.165) is 29.0 Å². The van der Waals surface area contributed by atoms with Crippen LogP contribution in [0.5, 0.6) is 0 Å². The van der Waals surface area contributed by atoms with Crippen LogP contribution >= 0.6 is 46.4 Å². The summed E-state index contributed by atoms with van der Waals surface area (Å²) < 4.78 is 1.16. The molecule has 0 spiro atoms. The number of para-hydroxylation sites is 1. The number of hydrogen-bond donors (Lipinski definition) is 1. The zero-order chi connectivity index (χ0) is 34.5. The fourth-order valence-electron chi connectivity index (χ4n) is 6.10. The van der Waals surface area contributed by atoms with Gasteiger partial charge in [0, 0.05) is 22.9 Å². The molecule has 2 amide bonds. The molecule has 0 saturated carbocycles. The highest BCUT2D eigenvalue weighted by atomic mass is 35.5. The van der Waals surface area contributed by atoms with Gasteiger partial charge in [0.15, 0.2) is 5.82 Å². The number of rotatable bonds is 20. The molecule has 0 radical (unpaired) electrons. The molecule has 1 fully saturated rings. The summed E-state index contributed by atoms with van der Waals surface area (Å²) in [5, 5.41) is 5.86. The molecule has 1 saturated heterocycles. The molecule has 0 bridgehead atoms. The molecule has 4 rings (SSSR count). The fraction of sp³-hybridized carbons (Fsp3) is 0.486.